The predicted molar refractivity (Wildman–Crippen MR) is 91.6 cm³/mol. The molecule has 1 saturated heterocycles. The van der Waals surface area contributed by atoms with Crippen molar-refractivity contribution in [2.24, 2.45) is 11.8 Å². The molecule has 1 saturated carbocycles. The van der Waals surface area contributed by atoms with Crippen LogP contribution in [0, 0.1) is 11.8 Å². The molecule has 1 aliphatic carbocycles. The summed E-state index contributed by atoms with van der Waals surface area (Å²) in [4.78, 5) is 12.3. The number of aromatic nitrogens is 4. The van der Waals surface area contributed by atoms with Crippen LogP contribution in [0.1, 0.15) is 46.0 Å². The van der Waals surface area contributed by atoms with Gasteiger partial charge in [-0.2, -0.15) is 0 Å². The summed E-state index contributed by atoms with van der Waals surface area (Å²) < 4.78 is 7.37. The summed E-state index contributed by atoms with van der Waals surface area (Å²) in [5.74, 6) is 1.63. The molecule has 2 heterocycles. The van der Waals surface area contributed by atoms with Gasteiger partial charge in [0, 0.05) is 12.6 Å². The van der Waals surface area contributed by atoms with Crippen molar-refractivity contribution in [2.75, 3.05) is 12.4 Å². The van der Waals surface area contributed by atoms with E-state index < -0.39 is 0 Å². The van der Waals surface area contributed by atoms with E-state index in [0.29, 0.717) is 35.3 Å². The zero-order chi connectivity index (χ0) is 16.9. The van der Waals surface area contributed by atoms with Gasteiger partial charge in [0.2, 0.25) is 11.1 Å². The van der Waals surface area contributed by atoms with Crippen LogP contribution in [0.5, 0.6) is 0 Å². The first-order valence-corrected chi connectivity index (χ1v) is 9.92. The van der Waals surface area contributed by atoms with Gasteiger partial charge < -0.3 is 10.1 Å². The van der Waals surface area contributed by atoms with Gasteiger partial charge in [0.25, 0.3) is 0 Å². The minimum Gasteiger partial charge on any atom is -0.376 e. The molecule has 4 unspecified atom stereocenters. The molecule has 0 spiro atoms. The van der Waals surface area contributed by atoms with Crippen molar-refractivity contribution in [3.63, 3.8) is 0 Å². The standard InChI is InChI=1S/C16H27N5O2S/c1-11-5-3-7-14(12(11)2)17-15(22)10-24-16-18-19-20-21(16)9-13-6-4-8-23-13/h11-14H,3-10H2,1-2H3,(H,17,22). The molecule has 2 aliphatic rings. The lowest BCUT2D eigenvalue weighted by molar-refractivity contribution is -0.120. The van der Waals surface area contributed by atoms with Crippen LogP contribution in [0.4, 0.5) is 0 Å². The van der Waals surface area contributed by atoms with Crippen molar-refractivity contribution in [3.8, 4) is 0 Å². The topological polar surface area (TPSA) is 81.9 Å². The van der Waals surface area contributed by atoms with Crippen LogP contribution in [0.3, 0.4) is 0 Å². The molecule has 1 aromatic heterocycles. The molecule has 7 nitrogen and oxygen atoms in total. The van der Waals surface area contributed by atoms with E-state index in [-0.39, 0.29) is 12.0 Å². The number of thioether (sulfide) groups is 1. The monoisotopic (exact) mass is 353 g/mol. The Hall–Kier alpha value is -1.15. The minimum atomic E-state index is 0.0672. The third-order valence-electron chi connectivity index (χ3n) is 5.29. The van der Waals surface area contributed by atoms with E-state index in [4.69, 9.17) is 4.74 Å². The van der Waals surface area contributed by atoms with Gasteiger partial charge in [-0.05, 0) is 41.5 Å². The fourth-order valence-electron chi connectivity index (χ4n) is 3.56. The number of hydrogen-bond donors (Lipinski definition) is 1. The quantitative estimate of drug-likeness (QED) is 0.787. The maximum Gasteiger partial charge on any atom is 0.230 e. The fourth-order valence-corrected chi connectivity index (χ4v) is 4.26. The Balaban J connectivity index is 1.47. The third-order valence-corrected chi connectivity index (χ3v) is 6.24. The van der Waals surface area contributed by atoms with E-state index in [1.54, 1.807) is 4.68 Å². The van der Waals surface area contributed by atoms with Crippen LogP contribution in [0.15, 0.2) is 5.16 Å². The van der Waals surface area contributed by atoms with Crippen molar-refractivity contribution in [1.29, 1.82) is 0 Å². The molecule has 2 fully saturated rings. The third kappa shape index (κ3) is 4.47. The van der Waals surface area contributed by atoms with Crippen LogP contribution in [0.25, 0.3) is 0 Å². The lowest BCUT2D eigenvalue weighted by atomic mass is 9.78. The second kappa shape index (κ2) is 8.29. The smallest absolute Gasteiger partial charge is 0.230 e. The molecule has 1 aliphatic heterocycles. The SMILES string of the molecule is CC1CCCC(NC(=O)CSc2nnnn2CC2CCCO2)C1C. The number of carbonyl (C=O) groups excluding carboxylic acids is 1. The maximum atomic E-state index is 12.3. The van der Waals surface area contributed by atoms with Crippen LogP contribution in [-0.2, 0) is 16.1 Å². The van der Waals surface area contributed by atoms with Crippen molar-refractivity contribution < 1.29 is 9.53 Å². The Bertz CT molecular complexity index is 546. The van der Waals surface area contributed by atoms with Gasteiger partial charge in [-0.3, -0.25) is 4.79 Å². The molecule has 134 valence electrons. The number of rotatable bonds is 6. The summed E-state index contributed by atoms with van der Waals surface area (Å²) in [6.07, 6.45) is 5.87. The summed E-state index contributed by atoms with van der Waals surface area (Å²) in [5, 5.41) is 15.7. The summed E-state index contributed by atoms with van der Waals surface area (Å²) in [5.41, 5.74) is 0. The molecule has 0 bridgehead atoms. The molecule has 1 amide bonds. The molecular weight excluding hydrogens is 326 g/mol. The van der Waals surface area contributed by atoms with Crippen molar-refractivity contribution in [3.05, 3.63) is 0 Å². The van der Waals surface area contributed by atoms with Crippen molar-refractivity contribution in [1.82, 2.24) is 25.5 Å². The number of carbonyl (C=O) groups is 1. The number of amides is 1. The van der Waals surface area contributed by atoms with Gasteiger partial charge in [0.1, 0.15) is 0 Å². The molecule has 8 heteroatoms. The van der Waals surface area contributed by atoms with Gasteiger partial charge >= 0.3 is 0 Å². The highest BCUT2D eigenvalue weighted by atomic mass is 32.2. The molecule has 0 radical (unpaired) electrons. The van der Waals surface area contributed by atoms with Crippen molar-refractivity contribution >= 4 is 17.7 Å². The summed E-state index contributed by atoms with van der Waals surface area (Å²) in [7, 11) is 0. The zero-order valence-corrected chi connectivity index (χ0v) is 15.3. The second-order valence-electron chi connectivity index (χ2n) is 7.01. The van der Waals surface area contributed by atoms with Crippen LogP contribution >= 0.6 is 11.8 Å². The Morgan fingerprint density at radius 3 is 3.00 bits per heavy atom. The molecule has 1 N–H and O–H groups in total. The minimum absolute atomic E-state index is 0.0672. The Kier molecular flexibility index (Phi) is 6.10. The van der Waals surface area contributed by atoms with E-state index in [9.17, 15) is 4.79 Å². The maximum absolute atomic E-state index is 12.3. The molecule has 24 heavy (non-hydrogen) atoms. The van der Waals surface area contributed by atoms with Crippen LogP contribution in [0.2, 0.25) is 0 Å². The van der Waals surface area contributed by atoms with Gasteiger partial charge in [-0.15, -0.1) is 5.10 Å². The molecular formula is C16H27N5O2S. The lowest BCUT2D eigenvalue weighted by Crippen LogP contribution is -2.44. The zero-order valence-electron chi connectivity index (χ0n) is 14.5. The van der Waals surface area contributed by atoms with Gasteiger partial charge in [-0.25, -0.2) is 4.68 Å². The summed E-state index contributed by atoms with van der Waals surface area (Å²) in [6.45, 7) is 5.99. The van der Waals surface area contributed by atoms with Crippen LogP contribution < -0.4 is 5.32 Å². The summed E-state index contributed by atoms with van der Waals surface area (Å²) >= 11 is 1.40. The van der Waals surface area contributed by atoms with Crippen LogP contribution in [-0.4, -0.2) is 50.6 Å². The Labute approximate surface area is 147 Å². The average Bonchev–Trinajstić information content (AvgIpc) is 3.22. The van der Waals surface area contributed by atoms with E-state index in [2.05, 4.69) is 34.7 Å². The van der Waals surface area contributed by atoms with Gasteiger partial charge in [0.15, 0.2) is 0 Å². The predicted octanol–water partition coefficient (Wildman–Crippen LogP) is 1.89. The van der Waals surface area contributed by atoms with E-state index in [0.717, 1.165) is 25.9 Å². The molecule has 4 atom stereocenters. The van der Waals surface area contributed by atoms with Gasteiger partial charge in [-0.1, -0.05) is 38.5 Å². The number of nitrogens with zero attached hydrogens (tertiary/aromatic N) is 4. The highest BCUT2D eigenvalue weighted by Gasteiger charge is 2.28. The first-order valence-electron chi connectivity index (χ1n) is 8.93. The Morgan fingerprint density at radius 2 is 2.21 bits per heavy atom. The largest absolute Gasteiger partial charge is 0.376 e. The Morgan fingerprint density at radius 1 is 1.33 bits per heavy atom. The fraction of sp³-hybridized carbons (Fsp3) is 0.875. The van der Waals surface area contributed by atoms with Gasteiger partial charge in [0.05, 0.1) is 18.4 Å². The van der Waals surface area contributed by atoms with E-state index in [1.807, 2.05) is 0 Å². The normalized spacial score (nSPS) is 30.4. The highest BCUT2D eigenvalue weighted by molar-refractivity contribution is 7.99. The number of tetrazole rings is 1. The summed E-state index contributed by atoms with van der Waals surface area (Å²) in [6, 6.07) is 0.296. The van der Waals surface area contributed by atoms with E-state index in [1.165, 1.54) is 24.6 Å². The first-order chi connectivity index (χ1) is 11.6. The van der Waals surface area contributed by atoms with Crippen molar-refractivity contribution in [2.45, 2.75) is 69.8 Å². The molecule has 3 rings (SSSR count). The number of nitrogens with one attached hydrogen (secondary N) is 1. The number of ether oxygens (including phenoxy) is 1. The molecule has 0 aromatic carbocycles. The lowest BCUT2D eigenvalue weighted by Gasteiger charge is -2.34. The molecule has 1 aromatic rings. The highest BCUT2D eigenvalue weighted by Crippen LogP contribution is 2.29. The first kappa shape index (κ1) is 17.7. The van der Waals surface area contributed by atoms with E-state index >= 15 is 0 Å². The number of hydrogen-bond acceptors (Lipinski definition) is 6. The second-order valence-corrected chi connectivity index (χ2v) is 7.95. The average molecular weight is 353 g/mol.